The van der Waals surface area contributed by atoms with Crippen molar-refractivity contribution in [3.63, 3.8) is 0 Å². The largest absolute Gasteiger partial charge is 0.380 e. The minimum absolute atomic E-state index is 0.0456. The summed E-state index contributed by atoms with van der Waals surface area (Å²) < 4.78 is 6.08. The quantitative estimate of drug-likeness (QED) is 0.809. The Bertz CT molecular complexity index is 424. The third kappa shape index (κ3) is 5.30. The Morgan fingerprint density at radius 2 is 2.21 bits per heavy atom. The molecule has 1 unspecified atom stereocenters. The van der Waals surface area contributed by atoms with E-state index in [4.69, 9.17) is 4.74 Å². The molecule has 0 fully saturated rings. The Morgan fingerprint density at radius 3 is 2.84 bits per heavy atom. The number of anilines is 1. The molecule has 0 bridgehead atoms. The summed E-state index contributed by atoms with van der Waals surface area (Å²) in [6, 6.07) is 6.04. The van der Waals surface area contributed by atoms with E-state index < -0.39 is 0 Å². The highest BCUT2D eigenvalue weighted by atomic mass is 79.9. The lowest BCUT2D eigenvalue weighted by Gasteiger charge is -2.14. The Morgan fingerprint density at radius 1 is 1.47 bits per heavy atom. The van der Waals surface area contributed by atoms with Crippen LogP contribution in [-0.4, -0.2) is 25.6 Å². The average Bonchev–Trinajstić information content (AvgIpc) is 2.40. The molecular formula is C14H21BrN2O2. The smallest absolute Gasteiger partial charge is 0.238 e. The molecule has 1 amide bonds. The fraction of sp³-hybridized carbons (Fsp3) is 0.500. The molecule has 1 rings (SSSR count). The van der Waals surface area contributed by atoms with Gasteiger partial charge >= 0.3 is 0 Å². The van der Waals surface area contributed by atoms with Crippen molar-refractivity contribution in [2.75, 3.05) is 19.0 Å². The molecule has 0 aliphatic rings. The zero-order valence-corrected chi connectivity index (χ0v) is 13.2. The number of nitrogens with one attached hydrogen (secondary N) is 2. The van der Waals surface area contributed by atoms with Gasteiger partial charge in [0.25, 0.3) is 0 Å². The van der Waals surface area contributed by atoms with E-state index in [1.54, 1.807) is 7.11 Å². The Hall–Kier alpha value is -0.910. The van der Waals surface area contributed by atoms with Gasteiger partial charge in [-0.15, -0.1) is 0 Å². The van der Waals surface area contributed by atoms with Gasteiger partial charge in [0, 0.05) is 28.9 Å². The first-order chi connectivity index (χ1) is 9.08. The van der Waals surface area contributed by atoms with Crippen molar-refractivity contribution in [2.24, 2.45) is 0 Å². The predicted octanol–water partition coefficient (Wildman–Crippen LogP) is 2.92. The minimum Gasteiger partial charge on any atom is -0.380 e. The summed E-state index contributed by atoms with van der Waals surface area (Å²) >= 11 is 3.46. The highest BCUT2D eigenvalue weighted by Crippen LogP contribution is 2.25. The van der Waals surface area contributed by atoms with Gasteiger partial charge in [0.15, 0.2) is 0 Å². The lowest BCUT2D eigenvalue weighted by molar-refractivity contribution is -0.115. The number of ether oxygens (including phenoxy) is 1. The molecular weight excluding hydrogens is 308 g/mol. The predicted molar refractivity (Wildman–Crippen MR) is 81.2 cm³/mol. The molecule has 0 aliphatic heterocycles. The van der Waals surface area contributed by atoms with Crippen molar-refractivity contribution in [3.8, 4) is 0 Å². The van der Waals surface area contributed by atoms with Crippen LogP contribution in [0.25, 0.3) is 0 Å². The van der Waals surface area contributed by atoms with E-state index >= 15 is 0 Å². The summed E-state index contributed by atoms with van der Waals surface area (Å²) in [4.78, 5) is 11.9. The van der Waals surface area contributed by atoms with Gasteiger partial charge < -0.3 is 15.4 Å². The third-order valence-corrected chi connectivity index (χ3v) is 3.65. The monoisotopic (exact) mass is 328 g/mol. The molecule has 0 heterocycles. The zero-order valence-electron chi connectivity index (χ0n) is 11.6. The van der Waals surface area contributed by atoms with Crippen LogP contribution in [0.5, 0.6) is 0 Å². The molecule has 5 heteroatoms. The van der Waals surface area contributed by atoms with E-state index in [1.165, 1.54) is 0 Å². The van der Waals surface area contributed by atoms with Gasteiger partial charge in [-0.25, -0.2) is 0 Å². The van der Waals surface area contributed by atoms with Crippen LogP contribution in [0.1, 0.15) is 25.8 Å². The van der Waals surface area contributed by atoms with Gasteiger partial charge in [-0.3, -0.25) is 4.79 Å². The van der Waals surface area contributed by atoms with E-state index in [1.807, 2.05) is 18.2 Å². The molecule has 2 N–H and O–H groups in total. The van der Waals surface area contributed by atoms with Crippen LogP contribution in [0.3, 0.4) is 0 Å². The number of methoxy groups -OCH3 is 1. The Kier molecular flexibility index (Phi) is 7.05. The highest BCUT2D eigenvalue weighted by molar-refractivity contribution is 9.10. The van der Waals surface area contributed by atoms with E-state index in [-0.39, 0.29) is 5.91 Å². The van der Waals surface area contributed by atoms with Crippen molar-refractivity contribution in [1.29, 1.82) is 0 Å². The van der Waals surface area contributed by atoms with Crippen LogP contribution in [0, 0.1) is 0 Å². The van der Waals surface area contributed by atoms with Crippen molar-refractivity contribution >= 4 is 27.5 Å². The van der Waals surface area contributed by atoms with Crippen LogP contribution in [-0.2, 0) is 16.1 Å². The van der Waals surface area contributed by atoms with Crippen LogP contribution in [0.15, 0.2) is 22.7 Å². The van der Waals surface area contributed by atoms with Crippen molar-refractivity contribution in [2.45, 2.75) is 32.9 Å². The lowest BCUT2D eigenvalue weighted by atomic mass is 10.2. The summed E-state index contributed by atoms with van der Waals surface area (Å²) in [5.74, 6) is -0.0456. The van der Waals surface area contributed by atoms with E-state index in [2.05, 4.69) is 40.4 Å². The molecule has 0 radical (unpaired) electrons. The molecule has 0 saturated heterocycles. The normalized spacial score (nSPS) is 12.2. The van der Waals surface area contributed by atoms with Gasteiger partial charge in [-0.05, 0) is 25.5 Å². The van der Waals surface area contributed by atoms with E-state index in [0.29, 0.717) is 19.2 Å². The standard InChI is InChI=1S/C14H21BrN2O2/c1-4-10(2)16-8-14(18)17-13-7-5-6-12(15)11(13)9-19-3/h5-7,10,16H,4,8-9H2,1-3H3,(H,17,18). The molecule has 0 aromatic heterocycles. The van der Waals surface area contributed by atoms with Crippen LogP contribution in [0.2, 0.25) is 0 Å². The summed E-state index contributed by atoms with van der Waals surface area (Å²) in [6.07, 6.45) is 0.999. The first-order valence-electron chi connectivity index (χ1n) is 6.38. The zero-order chi connectivity index (χ0) is 14.3. The molecule has 0 aliphatic carbocycles. The molecule has 4 nitrogen and oxygen atoms in total. The number of benzene rings is 1. The second-order valence-electron chi connectivity index (χ2n) is 4.44. The fourth-order valence-electron chi connectivity index (χ4n) is 1.57. The molecule has 1 aromatic carbocycles. The summed E-state index contributed by atoms with van der Waals surface area (Å²) in [5, 5.41) is 6.07. The number of hydrogen-bond donors (Lipinski definition) is 2. The Balaban J connectivity index is 2.65. The van der Waals surface area contributed by atoms with Crippen molar-refractivity contribution in [3.05, 3.63) is 28.2 Å². The van der Waals surface area contributed by atoms with Crippen LogP contribution >= 0.6 is 15.9 Å². The molecule has 0 spiro atoms. The van der Waals surface area contributed by atoms with Gasteiger partial charge in [0.05, 0.1) is 13.2 Å². The maximum atomic E-state index is 11.9. The average molecular weight is 329 g/mol. The lowest BCUT2D eigenvalue weighted by Crippen LogP contribution is -2.34. The maximum absolute atomic E-state index is 11.9. The molecule has 0 saturated carbocycles. The highest BCUT2D eigenvalue weighted by Gasteiger charge is 2.10. The van der Waals surface area contributed by atoms with Crippen LogP contribution < -0.4 is 10.6 Å². The molecule has 1 aromatic rings. The van der Waals surface area contributed by atoms with Crippen molar-refractivity contribution in [1.82, 2.24) is 5.32 Å². The fourth-order valence-corrected chi connectivity index (χ4v) is 2.05. The number of halogens is 1. The van der Waals surface area contributed by atoms with Crippen molar-refractivity contribution < 1.29 is 9.53 Å². The summed E-state index contributed by atoms with van der Waals surface area (Å²) in [6.45, 7) is 4.91. The third-order valence-electron chi connectivity index (χ3n) is 2.91. The molecule has 19 heavy (non-hydrogen) atoms. The number of amides is 1. The van der Waals surface area contributed by atoms with E-state index in [9.17, 15) is 4.79 Å². The minimum atomic E-state index is -0.0456. The van der Waals surface area contributed by atoms with Gasteiger partial charge in [0.1, 0.15) is 0 Å². The molecule has 1 atom stereocenters. The SMILES string of the molecule is CCC(C)NCC(=O)Nc1cccc(Br)c1COC. The Labute approximate surface area is 123 Å². The first kappa shape index (κ1) is 16.1. The van der Waals surface area contributed by atoms with Gasteiger partial charge in [-0.1, -0.05) is 28.9 Å². The first-order valence-corrected chi connectivity index (χ1v) is 7.17. The second-order valence-corrected chi connectivity index (χ2v) is 5.29. The topological polar surface area (TPSA) is 50.4 Å². The van der Waals surface area contributed by atoms with Crippen LogP contribution in [0.4, 0.5) is 5.69 Å². The second kappa shape index (κ2) is 8.30. The summed E-state index contributed by atoms with van der Waals surface area (Å²) in [5.41, 5.74) is 1.73. The number of hydrogen-bond acceptors (Lipinski definition) is 3. The van der Waals surface area contributed by atoms with Gasteiger partial charge in [0.2, 0.25) is 5.91 Å². The number of carbonyl (C=O) groups excluding carboxylic acids is 1. The molecule has 106 valence electrons. The number of rotatable bonds is 7. The maximum Gasteiger partial charge on any atom is 0.238 e. The summed E-state index contributed by atoms with van der Waals surface area (Å²) in [7, 11) is 1.63. The van der Waals surface area contributed by atoms with Gasteiger partial charge in [-0.2, -0.15) is 0 Å². The number of carbonyl (C=O) groups is 1. The van der Waals surface area contributed by atoms with E-state index in [0.717, 1.165) is 22.1 Å².